The van der Waals surface area contributed by atoms with Crippen LogP contribution in [-0.2, 0) is 31.1 Å². The fraction of sp³-hybridized carbons (Fsp3) is 0.579. The third-order valence-corrected chi connectivity index (χ3v) is 6.41. The molecule has 0 spiro atoms. The van der Waals surface area contributed by atoms with Gasteiger partial charge in [-0.15, -0.1) is 11.3 Å². The molecule has 0 saturated carbocycles. The number of nitrogens with zero attached hydrogens (tertiary/aromatic N) is 1. The summed E-state index contributed by atoms with van der Waals surface area (Å²) in [5.41, 5.74) is 0.566. The van der Waals surface area contributed by atoms with E-state index in [1.807, 2.05) is 13.8 Å². The molecule has 3 heterocycles. The van der Waals surface area contributed by atoms with Gasteiger partial charge in [0, 0.05) is 28.8 Å². The normalized spacial score (nSPS) is 20.1. The Morgan fingerprint density at radius 3 is 2.36 bits per heavy atom. The van der Waals surface area contributed by atoms with E-state index in [2.05, 4.69) is 24.5 Å². The summed E-state index contributed by atoms with van der Waals surface area (Å²) >= 11 is 1.32. The van der Waals surface area contributed by atoms with Crippen molar-refractivity contribution in [2.75, 3.05) is 19.0 Å². The van der Waals surface area contributed by atoms with Crippen molar-refractivity contribution in [1.82, 2.24) is 10.2 Å². The zero-order valence-electron chi connectivity index (χ0n) is 16.7. The first-order valence-corrected chi connectivity index (χ1v) is 9.93. The summed E-state index contributed by atoms with van der Waals surface area (Å²) in [4.78, 5) is 50.4. The molecular weight excluding hydrogens is 382 g/mol. The van der Waals surface area contributed by atoms with Gasteiger partial charge in [0.25, 0.3) is 0 Å². The summed E-state index contributed by atoms with van der Waals surface area (Å²) in [5.74, 6) is -1.75. The Hall–Kier alpha value is -2.26. The molecule has 2 aliphatic heterocycles. The first-order chi connectivity index (χ1) is 12.9. The fourth-order valence-electron chi connectivity index (χ4n) is 4.04. The van der Waals surface area contributed by atoms with Gasteiger partial charge in [0.15, 0.2) is 0 Å². The van der Waals surface area contributed by atoms with E-state index < -0.39 is 17.4 Å². The lowest BCUT2D eigenvalue weighted by Gasteiger charge is -2.42. The zero-order valence-corrected chi connectivity index (χ0v) is 17.5. The average molecular weight is 407 g/mol. The van der Waals surface area contributed by atoms with E-state index in [0.717, 1.165) is 15.3 Å². The molecule has 0 atom stereocenters. The summed E-state index contributed by atoms with van der Waals surface area (Å²) in [6.07, 6.45) is 0.856. The maximum Gasteiger partial charge on any atom is 0.341 e. The number of hydrogen-bond acceptors (Lipinski definition) is 7. The summed E-state index contributed by atoms with van der Waals surface area (Å²) in [5, 5.41) is 6.66. The van der Waals surface area contributed by atoms with Gasteiger partial charge in [-0.2, -0.15) is 0 Å². The van der Waals surface area contributed by atoms with Gasteiger partial charge in [0.05, 0.1) is 12.7 Å². The minimum absolute atomic E-state index is 0.127. The molecule has 3 amide bonds. The maximum atomic E-state index is 12.5. The molecule has 152 valence electrons. The molecule has 1 aromatic heterocycles. The Bertz CT molecular complexity index is 855. The lowest BCUT2D eigenvalue weighted by Crippen LogP contribution is -2.55. The standard InChI is InChI=1S/C19H25N3O5S/c1-18(2)8-10-14(17(26)27-5)16(28-15(10)19(3,4)21-18)20-11(23)9-22-12(24)6-7-13(22)25/h21H,6-9H2,1-5H3,(H,20,23). The number of carbonyl (C=O) groups excluding carboxylic acids is 4. The number of esters is 1. The van der Waals surface area contributed by atoms with Crippen molar-refractivity contribution in [3.05, 3.63) is 16.0 Å². The van der Waals surface area contributed by atoms with Crippen LogP contribution in [0.3, 0.4) is 0 Å². The van der Waals surface area contributed by atoms with E-state index in [-0.39, 0.29) is 36.7 Å². The van der Waals surface area contributed by atoms with E-state index in [1.165, 1.54) is 18.4 Å². The molecule has 0 bridgehead atoms. The highest BCUT2D eigenvalue weighted by molar-refractivity contribution is 7.17. The van der Waals surface area contributed by atoms with Gasteiger partial charge < -0.3 is 15.4 Å². The number of imide groups is 1. The summed E-state index contributed by atoms with van der Waals surface area (Å²) in [6, 6.07) is 0. The van der Waals surface area contributed by atoms with Crippen LogP contribution >= 0.6 is 11.3 Å². The Labute approximate surface area is 167 Å². The van der Waals surface area contributed by atoms with Gasteiger partial charge in [0.2, 0.25) is 17.7 Å². The zero-order chi connectivity index (χ0) is 20.9. The largest absolute Gasteiger partial charge is 0.465 e. The van der Waals surface area contributed by atoms with Crippen LogP contribution in [0, 0.1) is 0 Å². The average Bonchev–Trinajstić information content (AvgIpc) is 3.07. The maximum absolute atomic E-state index is 12.5. The Kier molecular flexibility index (Phi) is 5.09. The van der Waals surface area contributed by atoms with Crippen LogP contribution in [0.5, 0.6) is 0 Å². The lowest BCUT2D eigenvalue weighted by molar-refractivity contribution is -0.141. The number of hydrogen-bond donors (Lipinski definition) is 2. The molecule has 8 nitrogen and oxygen atoms in total. The Balaban J connectivity index is 1.94. The Morgan fingerprint density at radius 2 is 1.79 bits per heavy atom. The first kappa shape index (κ1) is 20.5. The fourth-order valence-corrected chi connectivity index (χ4v) is 5.32. The van der Waals surface area contributed by atoms with Crippen molar-refractivity contribution in [2.45, 2.75) is 58.0 Å². The molecule has 0 unspecified atom stereocenters. The van der Waals surface area contributed by atoms with Crippen molar-refractivity contribution >= 4 is 40.0 Å². The van der Waals surface area contributed by atoms with Gasteiger partial charge in [-0.05, 0) is 39.7 Å². The predicted molar refractivity (Wildman–Crippen MR) is 104 cm³/mol. The second-order valence-corrected chi connectivity index (χ2v) is 9.36. The van der Waals surface area contributed by atoms with E-state index in [0.29, 0.717) is 17.0 Å². The number of fused-ring (bicyclic) bond motifs is 1. The van der Waals surface area contributed by atoms with Crippen LogP contribution < -0.4 is 10.6 Å². The van der Waals surface area contributed by atoms with Crippen molar-refractivity contribution in [2.24, 2.45) is 0 Å². The summed E-state index contributed by atoms with van der Waals surface area (Å²) < 4.78 is 4.96. The van der Waals surface area contributed by atoms with Crippen molar-refractivity contribution < 1.29 is 23.9 Å². The van der Waals surface area contributed by atoms with Crippen LogP contribution in [-0.4, -0.2) is 47.8 Å². The number of anilines is 1. The van der Waals surface area contributed by atoms with Gasteiger partial charge in [0.1, 0.15) is 11.5 Å². The summed E-state index contributed by atoms with van der Waals surface area (Å²) in [7, 11) is 1.30. The molecular formula is C19H25N3O5S. The van der Waals surface area contributed by atoms with E-state index >= 15 is 0 Å². The van der Waals surface area contributed by atoms with E-state index in [4.69, 9.17) is 4.74 Å². The molecule has 1 saturated heterocycles. The summed E-state index contributed by atoms with van der Waals surface area (Å²) in [6.45, 7) is 7.81. The number of likely N-dealkylation sites (tertiary alicyclic amines) is 1. The van der Waals surface area contributed by atoms with Crippen LogP contribution in [0.15, 0.2) is 0 Å². The predicted octanol–water partition coefficient (Wildman–Crippen LogP) is 1.78. The molecule has 1 fully saturated rings. The topological polar surface area (TPSA) is 105 Å². The molecule has 1 aromatic rings. The molecule has 2 aliphatic rings. The van der Waals surface area contributed by atoms with Gasteiger partial charge in [-0.3, -0.25) is 19.3 Å². The minimum Gasteiger partial charge on any atom is -0.465 e. The van der Waals surface area contributed by atoms with E-state index in [9.17, 15) is 19.2 Å². The molecule has 0 aliphatic carbocycles. The number of thiophene rings is 1. The Morgan fingerprint density at radius 1 is 1.18 bits per heavy atom. The minimum atomic E-state index is -0.519. The lowest BCUT2D eigenvalue weighted by atomic mass is 9.81. The smallest absolute Gasteiger partial charge is 0.341 e. The van der Waals surface area contributed by atoms with Gasteiger partial charge in [-0.1, -0.05) is 0 Å². The third kappa shape index (κ3) is 3.68. The molecule has 0 aromatic carbocycles. The number of ether oxygens (including phenoxy) is 1. The van der Waals surface area contributed by atoms with Crippen molar-refractivity contribution in [3.63, 3.8) is 0 Å². The highest BCUT2D eigenvalue weighted by Crippen LogP contribution is 2.45. The monoisotopic (exact) mass is 407 g/mol. The molecule has 28 heavy (non-hydrogen) atoms. The van der Waals surface area contributed by atoms with Crippen molar-refractivity contribution in [1.29, 1.82) is 0 Å². The quantitative estimate of drug-likeness (QED) is 0.582. The van der Waals surface area contributed by atoms with Crippen LogP contribution in [0.2, 0.25) is 0 Å². The SMILES string of the molecule is COC(=O)c1c(NC(=O)CN2C(=O)CCC2=O)sc2c1CC(C)(C)NC2(C)C. The number of nitrogens with one attached hydrogen (secondary N) is 2. The highest BCUT2D eigenvalue weighted by atomic mass is 32.1. The van der Waals surface area contributed by atoms with Crippen LogP contribution in [0.4, 0.5) is 5.00 Å². The number of amides is 3. The molecule has 0 radical (unpaired) electrons. The second kappa shape index (κ2) is 6.97. The number of methoxy groups -OCH3 is 1. The first-order valence-electron chi connectivity index (χ1n) is 9.12. The number of rotatable bonds is 4. The highest BCUT2D eigenvalue weighted by Gasteiger charge is 2.42. The molecule has 3 rings (SSSR count). The number of carbonyl (C=O) groups is 4. The third-order valence-electron chi connectivity index (χ3n) is 4.94. The molecule has 9 heteroatoms. The van der Waals surface area contributed by atoms with Gasteiger partial charge in [-0.25, -0.2) is 4.79 Å². The van der Waals surface area contributed by atoms with Crippen molar-refractivity contribution in [3.8, 4) is 0 Å². The van der Waals surface area contributed by atoms with Crippen LogP contribution in [0.25, 0.3) is 0 Å². The van der Waals surface area contributed by atoms with Crippen LogP contribution in [0.1, 0.15) is 61.3 Å². The van der Waals surface area contributed by atoms with E-state index in [1.54, 1.807) is 0 Å². The molecule has 2 N–H and O–H groups in total. The van der Waals surface area contributed by atoms with Gasteiger partial charge >= 0.3 is 5.97 Å². The second-order valence-electron chi connectivity index (χ2n) is 8.34.